The van der Waals surface area contributed by atoms with Gasteiger partial charge in [-0.3, -0.25) is 4.90 Å². The van der Waals surface area contributed by atoms with Crippen LogP contribution in [0.5, 0.6) is 11.8 Å². The number of morpholine rings is 1. The molecule has 45 heavy (non-hydrogen) atoms. The summed E-state index contributed by atoms with van der Waals surface area (Å²) in [6.07, 6.45) is 5.12. The molecule has 0 spiro atoms. The molecular formula is C35H39ClFN5O3. The number of hydrogen-bond donors (Lipinski definition) is 2. The van der Waals surface area contributed by atoms with E-state index in [0.717, 1.165) is 75.7 Å². The molecule has 8 rings (SSSR count). The van der Waals surface area contributed by atoms with Gasteiger partial charge >= 0.3 is 6.01 Å². The quantitative estimate of drug-likeness (QED) is 0.245. The summed E-state index contributed by atoms with van der Waals surface area (Å²) in [4.78, 5) is 14.2. The van der Waals surface area contributed by atoms with Crippen molar-refractivity contribution in [2.45, 2.75) is 70.2 Å². The molecule has 236 valence electrons. The molecule has 1 aromatic heterocycles. The average molecular weight is 632 g/mol. The van der Waals surface area contributed by atoms with Crippen LogP contribution in [0, 0.1) is 5.82 Å². The molecule has 3 aliphatic heterocycles. The van der Waals surface area contributed by atoms with E-state index >= 15 is 4.39 Å². The zero-order valence-electron chi connectivity index (χ0n) is 25.8. The molecule has 3 saturated heterocycles. The maximum absolute atomic E-state index is 17.0. The third-order valence-electron chi connectivity index (χ3n) is 10.4. The van der Waals surface area contributed by atoms with E-state index in [0.29, 0.717) is 41.5 Å². The smallest absolute Gasteiger partial charge is 0.319 e. The molecule has 4 heterocycles. The Kier molecular flexibility index (Phi) is 7.48. The number of halogens is 2. The Bertz CT molecular complexity index is 1790. The van der Waals surface area contributed by atoms with Gasteiger partial charge in [-0.05, 0) is 91.6 Å². The lowest BCUT2D eigenvalue weighted by atomic mass is 9.81. The minimum absolute atomic E-state index is 0.0695. The number of nitrogens with one attached hydrogen (secondary N) is 1. The molecule has 4 unspecified atom stereocenters. The van der Waals surface area contributed by atoms with Crippen molar-refractivity contribution in [2.75, 3.05) is 44.3 Å². The summed E-state index contributed by atoms with van der Waals surface area (Å²) in [5, 5.41) is 17.0. The number of phenols is 1. The third-order valence-corrected chi connectivity index (χ3v) is 10.7. The maximum Gasteiger partial charge on any atom is 0.319 e. The van der Waals surface area contributed by atoms with Crippen molar-refractivity contribution in [3.05, 3.63) is 52.3 Å². The first kappa shape index (κ1) is 29.2. The van der Waals surface area contributed by atoms with E-state index in [1.165, 1.54) is 11.1 Å². The van der Waals surface area contributed by atoms with Gasteiger partial charge in [-0.1, -0.05) is 23.7 Å². The van der Waals surface area contributed by atoms with Gasteiger partial charge in [-0.15, -0.1) is 0 Å². The highest BCUT2D eigenvalue weighted by atomic mass is 35.5. The Morgan fingerprint density at radius 1 is 1.11 bits per heavy atom. The van der Waals surface area contributed by atoms with E-state index in [1.54, 1.807) is 18.2 Å². The summed E-state index contributed by atoms with van der Waals surface area (Å²) < 4.78 is 28.9. The summed E-state index contributed by atoms with van der Waals surface area (Å²) >= 11 is 6.97. The third kappa shape index (κ3) is 5.18. The van der Waals surface area contributed by atoms with Gasteiger partial charge in [-0.2, -0.15) is 9.97 Å². The Morgan fingerprint density at radius 3 is 2.71 bits per heavy atom. The molecule has 3 aromatic carbocycles. The Hall–Kier alpha value is -3.24. The van der Waals surface area contributed by atoms with E-state index < -0.39 is 5.82 Å². The normalized spacial score (nSPS) is 24.7. The standard InChI is InChI=1S/C35H39ClFN5O3/c1-19-20(2)44-13-11-41(19)10-3-12-45-35-39-33-28(34(40-35)42-17-23-7-8-24(18-42)38-23)16-29(36)31(32(33)37)27-15-25(43)14-22-5-4-21-6-9-26(21)30(22)27/h4-5,14-16,19-20,23-24,38,43H,3,6-13,17-18H2,1-2H3. The fraction of sp³-hybridized carbons (Fsp3) is 0.486. The van der Waals surface area contributed by atoms with Crippen LogP contribution in [0.2, 0.25) is 5.02 Å². The van der Waals surface area contributed by atoms with Crippen LogP contribution in [0.15, 0.2) is 30.3 Å². The Morgan fingerprint density at radius 2 is 1.93 bits per heavy atom. The first-order chi connectivity index (χ1) is 21.8. The monoisotopic (exact) mass is 631 g/mol. The van der Waals surface area contributed by atoms with Crippen LogP contribution >= 0.6 is 11.6 Å². The molecule has 10 heteroatoms. The number of aryl methyl sites for hydroxylation is 2. The molecule has 0 amide bonds. The van der Waals surface area contributed by atoms with E-state index in [1.807, 2.05) is 6.07 Å². The second-order valence-corrected chi connectivity index (χ2v) is 13.6. The lowest BCUT2D eigenvalue weighted by Gasteiger charge is -2.37. The highest BCUT2D eigenvalue weighted by Crippen LogP contribution is 2.45. The van der Waals surface area contributed by atoms with Gasteiger partial charge in [0.1, 0.15) is 17.1 Å². The van der Waals surface area contributed by atoms with Crippen LogP contribution in [0.3, 0.4) is 0 Å². The summed E-state index contributed by atoms with van der Waals surface area (Å²) in [5.41, 5.74) is 3.45. The maximum atomic E-state index is 17.0. The highest BCUT2D eigenvalue weighted by molar-refractivity contribution is 6.35. The first-order valence-corrected chi connectivity index (χ1v) is 16.7. The molecule has 4 atom stereocenters. The van der Waals surface area contributed by atoms with E-state index in [-0.39, 0.29) is 34.0 Å². The molecule has 4 aliphatic rings. The van der Waals surface area contributed by atoms with E-state index in [2.05, 4.69) is 40.0 Å². The number of phenolic OH excluding ortho intramolecular Hbond substituents is 1. The van der Waals surface area contributed by atoms with Gasteiger partial charge in [-0.25, -0.2) is 4.39 Å². The van der Waals surface area contributed by atoms with Gasteiger partial charge in [0.25, 0.3) is 0 Å². The van der Waals surface area contributed by atoms with Crippen LogP contribution in [-0.4, -0.2) is 83.6 Å². The second-order valence-electron chi connectivity index (χ2n) is 13.2. The van der Waals surface area contributed by atoms with Crippen LogP contribution in [0.4, 0.5) is 10.2 Å². The summed E-state index contributed by atoms with van der Waals surface area (Å²) in [5.74, 6) is 0.199. The SMILES string of the molecule is CC1OCCN(CCCOc2nc(N3CC4CCC(C3)N4)c3cc(Cl)c(-c4cc(O)cc5ccc6c(c45)CC6)c(F)c3n2)C1C. The van der Waals surface area contributed by atoms with Gasteiger partial charge < -0.3 is 24.8 Å². The molecular weight excluding hydrogens is 593 g/mol. The lowest BCUT2D eigenvalue weighted by molar-refractivity contribution is -0.0561. The van der Waals surface area contributed by atoms with Gasteiger partial charge in [0, 0.05) is 55.3 Å². The molecule has 2 bridgehead atoms. The number of anilines is 1. The Balaban J connectivity index is 1.19. The lowest BCUT2D eigenvalue weighted by Crippen LogP contribution is -2.51. The molecule has 3 fully saturated rings. The van der Waals surface area contributed by atoms with Crippen molar-refractivity contribution in [3.63, 3.8) is 0 Å². The summed E-state index contributed by atoms with van der Waals surface area (Å²) in [6, 6.07) is 10.5. The van der Waals surface area contributed by atoms with Crippen LogP contribution in [-0.2, 0) is 17.6 Å². The summed E-state index contributed by atoms with van der Waals surface area (Å²) in [6.45, 7) is 8.78. The first-order valence-electron chi connectivity index (χ1n) is 16.3. The van der Waals surface area contributed by atoms with E-state index in [4.69, 9.17) is 26.1 Å². The van der Waals surface area contributed by atoms with Crippen molar-refractivity contribution in [1.29, 1.82) is 0 Å². The number of aromatic hydroxyl groups is 1. The van der Waals surface area contributed by atoms with Crippen molar-refractivity contribution in [1.82, 2.24) is 20.2 Å². The predicted octanol–water partition coefficient (Wildman–Crippen LogP) is 5.87. The predicted molar refractivity (Wildman–Crippen MR) is 175 cm³/mol. The fourth-order valence-electron chi connectivity index (χ4n) is 7.79. The van der Waals surface area contributed by atoms with E-state index in [9.17, 15) is 5.11 Å². The van der Waals surface area contributed by atoms with Crippen LogP contribution in [0.1, 0.15) is 44.2 Å². The molecule has 2 N–H and O–H groups in total. The second kappa shape index (κ2) is 11.5. The number of piperazine rings is 1. The van der Waals surface area contributed by atoms with Crippen LogP contribution in [0.25, 0.3) is 32.8 Å². The number of aromatic nitrogens is 2. The zero-order chi connectivity index (χ0) is 30.8. The van der Waals surface area contributed by atoms with Crippen molar-refractivity contribution in [2.24, 2.45) is 0 Å². The minimum Gasteiger partial charge on any atom is -0.508 e. The van der Waals surface area contributed by atoms with Gasteiger partial charge in [0.2, 0.25) is 0 Å². The molecule has 0 saturated carbocycles. The molecule has 1 aliphatic carbocycles. The fourth-order valence-corrected chi connectivity index (χ4v) is 8.09. The number of fused-ring (bicyclic) bond motifs is 6. The number of nitrogens with zero attached hydrogens (tertiary/aromatic N) is 4. The van der Waals surface area contributed by atoms with Crippen molar-refractivity contribution in [3.8, 4) is 22.9 Å². The number of rotatable bonds is 7. The topological polar surface area (TPSA) is 83.0 Å². The molecule has 8 nitrogen and oxygen atoms in total. The van der Waals surface area contributed by atoms with Gasteiger partial charge in [0.15, 0.2) is 5.82 Å². The highest BCUT2D eigenvalue weighted by Gasteiger charge is 2.35. The number of ether oxygens (including phenoxy) is 2. The van der Waals surface area contributed by atoms with Crippen molar-refractivity contribution >= 4 is 39.1 Å². The van der Waals surface area contributed by atoms with Crippen LogP contribution < -0.4 is 15.0 Å². The zero-order valence-corrected chi connectivity index (χ0v) is 26.5. The molecule has 0 radical (unpaired) electrons. The van der Waals surface area contributed by atoms with Crippen molar-refractivity contribution < 1.29 is 19.0 Å². The average Bonchev–Trinajstić information content (AvgIpc) is 3.34. The molecule has 4 aromatic rings. The number of benzene rings is 3. The largest absolute Gasteiger partial charge is 0.508 e. The Labute approximate surface area is 267 Å². The minimum atomic E-state index is -0.524. The summed E-state index contributed by atoms with van der Waals surface area (Å²) in [7, 11) is 0. The number of hydrogen-bond acceptors (Lipinski definition) is 8. The van der Waals surface area contributed by atoms with Gasteiger partial charge in [0.05, 0.1) is 24.3 Å².